The molecule has 0 unspecified atom stereocenters. The highest BCUT2D eigenvalue weighted by molar-refractivity contribution is 4.97. The van der Waals surface area contributed by atoms with Crippen LogP contribution < -0.4 is 16.2 Å². The maximum absolute atomic E-state index is 11.7. The van der Waals surface area contributed by atoms with E-state index in [0.717, 1.165) is 5.70 Å². The molecule has 0 aliphatic heterocycles. The molecule has 0 amide bonds. The van der Waals surface area contributed by atoms with Crippen LogP contribution in [0.4, 0.5) is 4.39 Å². The molecule has 0 fully saturated rings. The van der Waals surface area contributed by atoms with Gasteiger partial charge in [-0.15, -0.1) is 0 Å². The molecule has 0 aromatic rings. The number of methoxy groups -OCH3 is 1. The number of ether oxygens (including phenoxy) is 1. The van der Waals surface area contributed by atoms with E-state index in [4.69, 9.17) is 4.74 Å². The van der Waals surface area contributed by atoms with Gasteiger partial charge in [-0.2, -0.15) is 0 Å². The summed E-state index contributed by atoms with van der Waals surface area (Å²) in [6.07, 6.45) is 1.68. The number of hydrogen-bond acceptors (Lipinski definition) is 4. The van der Waals surface area contributed by atoms with Crippen molar-refractivity contribution in [2.75, 3.05) is 34.0 Å². The highest BCUT2D eigenvalue weighted by Crippen LogP contribution is 1.84. The topological polar surface area (TPSA) is 45.3 Å². The SMILES string of the molecule is CNN/C(=C\NCCF)COC. The molecule has 0 radical (unpaired) electrons. The molecule has 0 aromatic heterocycles. The van der Waals surface area contributed by atoms with E-state index in [-0.39, 0.29) is 6.67 Å². The summed E-state index contributed by atoms with van der Waals surface area (Å²) in [5.41, 5.74) is 6.42. The van der Waals surface area contributed by atoms with E-state index < -0.39 is 0 Å². The Morgan fingerprint density at radius 3 is 2.83 bits per heavy atom. The van der Waals surface area contributed by atoms with E-state index in [1.54, 1.807) is 20.4 Å². The monoisotopic (exact) mass is 177 g/mol. The summed E-state index contributed by atoms with van der Waals surface area (Å²) in [5.74, 6) is 0. The van der Waals surface area contributed by atoms with Crippen LogP contribution >= 0.6 is 0 Å². The van der Waals surface area contributed by atoms with Gasteiger partial charge in [0.25, 0.3) is 0 Å². The Morgan fingerprint density at radius 1 is 1.58 bits per heavy atom. The number of rotatable bonds is 7. The van der Waals surface area contributed by atoms with Gasteiger partial charge >= 0.3 is 0 Å². The highest BCUT2D eigenvalue weighted by Gasteiger charge is 1.92. The first kappa shape index (κ1) is 11.2. The quantitative estimate of drug-likeness (QED) is 0.371. The zero-order chi connectivity index (χ0) is 9.23. The summed E-state index contributed by atoms with van der Waals surface area (Å²) in [7, 11) is 3.35. The van der Waals surface area contributed by atoms with Crippen LogP contribution in [0.1, 0.15) is 0 Å². The van der Waals surface area contributed by atoms with E-state index in [9.17, 15) is 4.39 Å². The molecule has 0 saturated carbocycles. The van der Waals surface area contributed by atoms with Gasteiger partial charge in [-0.3, -0.25) is 0 Å². The summed E-state index contributed by atoms with van der Waals surface area (Å²) in [5, 5.41) is 2.79. The van der Waals surface area contributed by atoms with Crippen LogP contribution in [0.5, 0.6) is 0 Å². The lowest BCUT2D eigenvalue weighted by molar-refractivity contribution is 0.217. The van der Waals surface area contributed by atoms with Crippen molar-refractivity contribution in [1.82, 2.24) is 16.2 Å². The average molecular weight is 177 g/mol. The lowest BCUT2D eigenvalue weighted by Gasteiger charge is -2.08. The Kier molecular flexibility index (Phi) is 7.73. The largest absolute Gasteiger partial charge is 0.387 e. The normalized spacial score (nSPS) is 11.4. The second kappa shape index (κ2) is 8.29. The minimum absolute atomic E-state index is 0.318. The maximum Gasteiger partial charge on any atom is 0.107 e. The molecule has 0 atom stereocenters. The molecular formula is C7H16FN3O. The van der Waals surface area contributed by atoms with Crippen LogP contribution in [0.25, 0.3) is 0 Å². The third-order valence-electron chi connectivity index (χ3n) is 1.10. The summed E-state index contributed by atoms with van der Waals surface area (Å²) in [4.78, 5) is 0. The van der Waals surface area contributed by atoms with Gasteiger partial charge in [0.1, 0.15) is 6.67 Å². The molecule has 0 aliphatic carbocycles. The Balaban J connectivity index is 3.64. The molecule has 0 aliphatic rings. The lowest BCUT2D eigenvalue weighted by atomic mass is 10.5. The smallest absolute Gasteiger partial charge is 0.107 e. The Morgan fingerprint density at radius 2 is 2.33 bits per heavy atom. The second-order valence-electron chi connectivity index (χ2n) is 2.12. The molecule has 0 spiro atoms. The molecule has 0 bridgehead atoms. The zero-order valence-electron chi connectivity index (χ0n) is 7.48. The fourth-order valence-electron chi connectivity index (χ4n) is 0.680. The van der Waals surface area contributed by atoms with Crippen LogP contribution in [-0.2, 0) is 4.74 Å². The predicted molar refractivity (Wildman–Crippen MR) is 46.1 cm³/mol. The molecule has 5 heteroatoms. The molecule has 0 rings (SSSR count). The molecule has 4 nitrogen and oxygen atoms in total. The number of alkyl halides is 1. The van der Waals surface area contributed by atoms with Gasteiger partial charge in [-0.05, 0) is 0 Å². The van der Waals surface area contributed by atoms with Gasteiger partial charge in [0.05, 0.1) is 12.3 Å². The summed E-state index contributed by atoms with van der Waals surface area (Å²) in [6.45, 7) is 0.398. The van der Waals surface area contributed by atoms with Crippen LogP contribution in [0.3, 0.4) is 0 Å². The Bertz CT molecular complexity index is 122. The number of hydrazine groups is 1. The van der Waals surface area contributed by atoms with E-state index in [1.165, 1.54) is 0 Å². The predicted octanol–water partition coefficient (Wildman–Crippen LogP) is -0.243. The molecule has 72 valence electrons. The highest BCUT2D eigenvalue weighted by atomic mass is 19.1. The van der Waals surface area contributed by atoms with E-state index in [0.29, 0.717) is 13.2 Å². The first-order valence-corrected chi connectivity index (χ1v) is 3.75. The summed E-state index contributed by atoms with van der Waals surface area (Å²) in [6, 6.07) is 0. The molecule has 3 N–H and O–H groups in total. The second-order valence-corrected chi connectivity index (χ2v) is 2.12. The average Bonchev–Trinajstić information content (AvgIpc) is 2.06. The fraction of sp³-hybridized carbons (Fsp3) is 0.714. The van der Waals surface area contributed by atoms with Crippen molar-refractivity contribution in [2.24, 2.45) is 0 Å². The Hall–Kier alpha value is -0.810. The number of nitrogens with one attached hydrogen (secondary N) is 3. The van der Waals surface area contributed by atoms with Crippen molar-refractivity contribution in [3.05, 3.63) is 11.9 Å². The molecule has 0 aromatic carbocycles. The first-order chi connectivity index (χ1) is 5.85. The van der Waals surface area contributed by atoms with E-state index in [1.807, 2.05) is 0 Å². The third-order valence-corrected chi connectivity index (χ3v) is 1.10. The molecule has 0 saturated heterocycles. The van der Waals surface area contributed by atoms with Crippen molar-refractivity contribution in [3.8, 4) is 0 Å². The van der Waals surface area contributed by atoms with Crippen LogP contribution in [0.15, 0.2) is 11.9 Å². The first-order valence-electron chi connectivity index (χ1n) is 3.75. The molecule has 0 heterocycles. The van der Waals surface area contributed by atoms with Crippen LogP contribution in [0, 0.1) is 0 Å². The van der Waals surface area contributed by atoms with Crippen molar-refractivity contribution in [3.63, 3.8) is 0 Å². The fourth-order valence-corrected chi connectivity index (χ4v) is 0.680. The van der Waals surface area contributed by atoms with Crippen molar-refractivity contribution in [1.29, 1.82) is 0 Å². The van der Waals surface area contributed by atoms with Crippen molar-refractivity contribution < 1.29 is 9.13 Å². The van der Waals surface area contributed by atoms with Gasteiger partial charge in [0.15, 0.2) is 0 Å². The lowest BCUT2D eigenvalue weighted by Crippen LogP contribution is -2.30. The van der Waals surface area contributed by atoms with Gasteiger partial charge in [0, 0.05) is 26.9 Å². The van der Waals surface area contributed by atoms with Crippen LogP contribution in [-0.4, -0.2) is 34.0 Å². The van der Waals surface area contributed by atoms with Gasteiger partial charge in [-0.1, -0.05) is 0 Å². The summed E-state index contributed by atoms with van der Waals surface area (Å²) < 4.78 is 16.5. The molecular weight excluding hydrogens is 161 g/mol. The van der Waals surface area contributed by atoms with E-state index in [2.05, 4.69) is 16.2 Å². The van der Waals surface area contributed by atoms with Gasteiger partial charge in [0.2, 0.25) is 0 Å². The maximum atomic E-state index is 11.7. The third kappa shape index (κ3) is 5.94. The number of hydrogen-bond donors (Lipinski definition) is 3. The Labute approximate surface area is 72.1 Å². The van der Waals surface area contributed by atoms with E-state index >= 15 is 0 Å². The zero-order valence-corrected chi connectivity index (χ0v) is 7.48. The standard InChI is InChI=1S/C7H16FN3O/c1-9-11-7(6-12-2)5-10-4-3-8/h5,9-11H,3-4,6H2,1-2H3/b7-5-. The molecule has 12 heavy (non-hydrogen) atoms. The minimum Gasteiger partial charge on any atom is -0.387 e. The van der Waals surface area contributed by atoms with Crippen molar-refractivity contribution in [2.45, 2.75) is 0 Å². The van der Waals surface area contributed by atoms with Crippen LogP contribution in [0.2, 0.25) is 0 Å². The van der Waals surface area contributed by atoms with Crippen molar-refractivity contribution >= 4 is 0 Å². The minimum atomic E-state index is -0.379. The van der Waals surface area contributed by atoms with Gasteiger partial charge in [-0.25, -0.2) is 9.82 Å². The van der Waals surface area contributed by atoms with Gasteiger partial charge < -0.3 is 15.5 Å². The number of halogens is 1. The summed E-state index contributed by atoms with van der Waals surface area (Å²) >= 11 is 0.